The number of rotatable bonds is 2. The van der Waals surface area contributed by atoms with Gasteiger partial charge in [-0.1, -0.05) is 24.2 Å². The third kappa shape index (κ3) is 2.94. The fourth-order valence-electron chi connectivity index (χ4n) is 3.41. The van der Waals surface area contributed by atoms with Gasteiger partial charge in [0, 0.05) is 44.2 Å². The Labute approximate surface area is 152 Å². The Morgan fingerprint density at radius 2 is 1.85 bits per heavy atom. The van der Waals surface area contributed by atoms with Gasteiger partial charge in [0.15, 0.2) is 11.5 Å². The Bertz CT molecular complexity index is 922. The molecular formula is C20H20N4O2. The molecule has 6 heteroatoms. The van der Waals surface area contributed by atoms with Crippen LogP contribution < -0.4 is 9.80 Å². The van der Waals surface area contributed by atoms with Crippen molar-refractivity contribution >= 4 is 17.3 Å². The topological polar surface area (TPSA) is 62.5 Å². The number of anilines is 2. The highest BCUT2D eigenvalue weighted by Crippen LogP contribution is 2.33. The van der Waals surface area contributed by atoms with E-state index in [0.717, 1.165) is 23.5 Å². The minimum absolute atomic E-state index is 0.149. The summed E-state index contributed by atoms with van der Waals surface area (Å²) in [6.07, 6.45) is 3.36. The maximum Gasteiger partial charge on any atom is 0.280 e. The lowest BCUT2D eigenvalue weighted by Gasteiger charge is -2.23. The van der Waals surface area contributed by atoms with Gasteiger partial charge in [-0.25, -0.2) is 0 Å². The molecule has 0 aliphatic carbocycles. The van der Waals surface area contributed by atoms with Crippen LogP contribution in [-0.4, -0.2) is 36.2 Å². The third-order valence-corrected chi connectivity index (χ3v) is 4.60. The number of amides is 1. The Morgan fingerprint density at radius 1 is 1.12 bits per heavy atom. The molecule has 3 heterocycles. The molecule has 1 aliphatic rings. The third-order valence-electron chi connectivity index (χ3n) is 4.60. The zero-order chi connectivity index (χ0) is 18.1. The van der Waals surface area contributed by atoms with Gasteiger partial charge >= 0.3 is 0 Å². The second kappa shape index (κ2) is 6.63. The molecule has 1 aromatic carbocycles. The Morgan fingerprint density at radius 3 is 2.62 bits per heavy atom. The van der Waals surface area contributed by atoms with E-state index in [2.05, 4.69) is 29.0 Å². The SMILES string of the molecule is C[C@@H]1CN(C)c2ccccc2N(C(=O)c2cc(-c3ccncc3)on2)C1. The van der Waals surface area contributed by atoms with Gasteiger partial charge < -0.3 is 14.3 Å². The maximum absolute atomic E-state index is 13.2. The average molecular weight is 348 g/mol. The Hall–Kier alpha value is -3.15. The van der Waals surface area contributed by atoms with Gasteiger partial charge in [-0.2, -0.15) is 0 Å². The quantitative estimate of drug-likeness (QED) is 0.710. The van der Waals surface area contributed by atoms with E-state index < -0.39 is 0 Å². The van der Waals surface area contributed by atoms with Crippen LogP contribution in [0.3, 0.4) is 0 Å². The van der Waals surface area contributed by atoms with E-state index in [9.17, 15) is 4.79 Å². The van der Waals surface area contributed by atoms with E-state index >= 15 is 0 Å². The number of benzene rings is 1. The van der Waals surface area contributed by atoms with Crippen molar-refractivity contribution in [2.75, 3.05) is 29.9 Å². The van der Waals surface area contributed by atoms with Gasteiger partial charge in [0.1, 0.15) is 0 Å². The van der Waals surface area contributed by atoms with Crippen LogP contribution in [0.2, 0.25) is 0 Å². The highest BCUT2D eigenvalue weighted by atomic mass is 16.5. The summed E-state index contributed by atoms with van der Waals surface area (Å²) in [6, 6.07) is 13.3. The molecule has 132 valence electrons. The first-order valence-corrected chi connectivity index (χ1v) is 8.62. The Kier molecular flexibility index (Phi) is 4.16. The fourth-order valence-corrected chi connectivity index (χ4v) is 3.41. The van der Waals surface area contributed by atoms with Gasteiger partial charge in [-0.05, 0) is 30.2 Å². The lowest BCUT2D eigenvalue weighted by atomic mass is 10.1. The molecule has 1 atom stereocenters. The van der Waals surface area contributed by atoms with Gasteiger partial charge in [-0.15, -0.1) is 0 Å². The van der Waals surface area contributed by atoms with Gasteiger partial charge in [0.25, 0.3) is 5.91 Å². The first-order valence-electron chi connectivity index (χ1n) is 8.62. The zero-order valence-electron chi connectivity index (χ0n) is 14.8. The fraction of sp³-hybridized carbons (Fsp3) is 0.250. The molecule has 4 rings (SSSR count). The van der Waals surface area contributed by atoms with E-state index in [-0.39, 0.29) is 5.91 Å². The highest BCUT2D eigenvalue weighted by Gasteiger charge is 2.29. The zero-order valence-corrected chi connectivity index (χ0v) is 14.8. The summed E-state index contributed by atoms with van der Waals surface area (Å²) in [4.78, 5) is 21.2. The van der Waals surface area contributed by atoms with Gasteiger partial charge in [-0.3, -0.25) is 9.78 Å². The summed E-state index contributed by atoms with van der Waals surface area (Å²) in [7, 11) is 2.06. The van der Waals surface area contributed by atoms with Crippen molar-refractivity contribution in [1.29, 1.82) is 0 Å². The van der Waals surface area contributed by atoms with Crippen molar-refractivity contribution < 1.29 is 9.32 Å². The summed E-state index contributed by atoms with van der Waals surface area (Å²) in [5.74, 6) is 0.746. The number of para-hydroxylation sites is 2. The van der Waals surface area contributed by atoms with Crippen molar-refractivity contribution in [2.45, 2.75) is 6.92 Å². The summed E-state index contributed by atoms with van der Waals surface area (Å²) in [5, 5.41) is 4.02. The number of carbonyl (C=O) groups excluding carboxylic acids is 1. The molecule has 0 fully saturated rings. The molecular weight excluding hydrogens is 328 g/mol. The average Bonchev–Trinajstić information content (AvgIpc) is 3.12. The molecule has 1 aliphatic heterocycles. The number of carbonyl (C=O) groups is 1. The van der Waals surface area contributed by atoms with E-state index in [1.54, 1.807) is 23.4 Å². The smallest absolute Gasteiger partial charge is 0.280 e. The number of fused-ring (bicyclic) bond motifs is 1. The molecule has 0 saturated carbocycles. The first-order chi connectivity index (χ1) is 12.6. The predicted octanol–water partition coefficient (Wildman–Crippen LogP) is 3.47. The van der Waals surface area contributed by atoms with Crippen molar-refractivity contribution in [1.82, 2.24) is 10.1 Å². The van der Waals surface area contributed by atoms with Gasteiger partial charge in [0.05, 0.1) is 11.4 Å². The van der Waals surface area contributed by atoms with Crippen molar-refractivity contribution in [3.8, 4) is 11.3 Å². The molecule has 3 aromatic rings. The van der Waals surface area contributed by atoms with E-state index in [4.69, 9.17) is 4.52 Å². The minimum Gasteiger partial charge on any atom is -0.373 e. The second-order valence-electron chi connectivity index (χ2n) is 6.70. The molecule has 0 radical (unpaired) electrons. The first kappa shape index (κ1) is 16.3. The molecule has 1 amide bonds. The number of hydrogen-bond donors (Lipinski definition) is 0. The number of pyridine rings is 1. The summed E-state index contributed by atoms with van der Waals surface area (Å²) in [6.45, 7) is 3.67. The highest BCUT2D eigenvalue weighted by molar-refractivity contribution is 6.07. The molecule has 0 unspecified atom stereocenters. The van der Waals surface area contributed by atoms with Gasteiger partial charge in [0.2, 0.25) is 0 Å². The van der Waals surface area contributed by atoms with Crippen molar-refractivity contribution in [3.05, 3.63) is 60.6 Å². The lowest BCUT2D eigenvalue weighted by Crippen LogP contribution is -2.35. The lowest BCUT2D eigenvalue weighted by molar-refractivity contribution is 0.0975. The van der Waals surface area contributed by atoms with Crippen LogP contribution in [0.15, 0.2) is 59.4 Å². The largest absolute Gasteiger partial charge is 0.373 e. The molecule has 0 bridgehead atoms. The number of aromatic nitrogens is 2. The molecule has 6 nitrogen and oxygen atoms in total. The van der Waals surface area contributed by atoms with E-state index in [1.165, 1.54) is 0 Å². The maximum atomic E-state index is 13.2. The number of nitrogens with zero attached hydrogens (tertiary/aromatic N) is 4. The van der Waals surface area contributed by atoms with E-state index in [1.807, 2.05) is 36.4 Å². The normalized spacial score (nSPS) is 16.9. The van der Waals surface area contributed by atoms with Crippen molar-refractivity contribution in [2.24, 2.45) is 5.92 Å². The monoisotopic (exact) mass is 348 g/mol. The summed E-state index contributed by atoms with van der Waals surface area (Å²) >= 11 is 0. The standard InChI is InChI=1S/C20H20N4O2/c1-14-12-23(2)17-5-3-4-6-18(17)24(13-14)20(25)16-11-19(26-22-16)15-7-9-21-10-8-15/h3-11,14H,12-13H2,1-2H3/t14-/m1/s1. The predicted molar refractivity (Wildman–Crippen MR) is 100 cm³/mol. The molecule has 0 spiro atoms. The van der Waals surface area contributed by atoms with Crippen molar-refractivity contribution in [3.63, 3.8) is 0 Å². The second-order valence-corrected chi connectivity index (χ2v) is 6.70. The number of hydrogen-bond acceptors (Lipinski definition) is 5. The van der Waals surface area contributed by atoms with Crippen LogP contribution in [0, 0.1) is 5.92 Å². The van der Waals surface area contributed by atoms with Crippen LogP contribution >= 0.6 is 0 Å². The van der Waals surface area contributed by atoms with Crippen LogP contribution in [0.1, 0.15) is 17.4 Å². The van der Waals surface area contributed by atoms with Crippen LogP contribution in [0.25, 0.3) is 11.3 Å². The van der Waals surface area contributed by atoms with E-state index in [0.29, 0.717) is 23.9 Å². The molecule has 0 saturated heterocycles. The molecule has 2 aromatic heterocycles. The summed E-state index contributed by atoms with van der Waals surface area (Å²) in [5.41, 5.74) is 3.10. The molecule has 0 N–H and O–H groups in total. The summed E-state index contributed by atoms with van der Waals surface area (Å²) < 4.78 is 5.39. The van der Waals surface area contributed by atoms with Crippen LogP contribution in [0.5, 0.6) is 0 Å². The van der Waals surface area contributed by atoms with Crippen LogP contribution in [-0.2, 0) is 0 Å². The minimum atomic E-state index is -0.149. The van der Waals surface area contributed by atoms with Crippen LogP contribution in [0.4, 0.5) is 11.4 Å². The Balaban J connectivity index is 1.69. The molecule has 26 heavy (non-hydrogen) atoms.